The van der Waals surface area contributed by atoms with Crippen molar-refractivity contribution in [2.45, 2.75) is 33.2 Å². The Morgan fingerprint density at radius 1 is 1.00 bits per heavy atom. The molecule has 1 aromatic carbocycles. The van der Waals surface area contributed by atoms with E-state index in [9.17, 15) is 9.59 Å². The van der Waals surface area contributed by atoms with Gasteiger partial charge in [0.05, 0.1) is 11.1 Å². The topological polar surface area (TPSA) is 37.4 Å². The van der Waals surface area contributed by atoms with Gasteiger partial charge in [0.2, 0.25) is 0 Å². The molecule has 90 valence electrons. The number of benzene rings is 1. The molecule has 17 heavy (non-hydrogen) atoms. The Bertz CT molecular complexity index is 454. The van der Waals surface area contributed by atoms with Gasteiger partial charge in [-0.2, -0.15) is 0 Å². The number of nitrogens with zero attached hydrogens (tertiary/aromatic N) is 1. The molecule has 3 nitrogen and oxygen atoms in total. The summed E-state index contributed by atoms with van der Waals surface area (Å²) in [6.07, 6.45) is 0. The number of carbonyl (C=O) groups excluding carboxylic acids is 2. The van der Waals surface area contributed by atoms with Gasteiger partial charge >= 0.3 is 0 Å². The highest BCUT2D eigenvalue weighted by atomic mass is 16.2. The second-order valence-electron chi connectivity index (χ2n) is 5.30. The Morgan fingerprint density at radius 2 is 1.41 bits per heavy atom. The maximum Gasteiger partial charge on any atom is 0.262 e. The molecule has 1 heterocycles. The van der Waals surface area contributed by atoms with Gasteiger partial charge in [-0.1, -0.05) is 26.0 Å². The summed E-state index contributed by atoms with van der Waals surface area (Å²) < 4.78 is 0. The van der Waals surface area contributed by atoms with E-state index in [0.29, 0.717) is 11.1 Å². The van der Waals surface area contributed by atoms with E-state index in [1.165, 1.54) is 4.90 Å². The molecule has 0 atom stereocenters. The number of carbonyl (C=O) groups is 2. The Kier molecular flexibility index (Phi) is 2.57. The minimum atomic E-state index is -0.465. The van der Waals surface area contributed by atoms with E-state index < -0.39 is 5.54 Å². The third-order valence-electron chi connectivity index (χ3n) is 3.78. The summed E-state index contributed by atoms with van der Waals surface area (Å²) in [4.78, 5) is 25.9. The van der Waals surface area contributed by atoms with Crippen LogP contribution in [0.3, 0.4) is 0 Å². The van der Waals surface area contributed by atoms with Crippen molar-refractivity contribution >= 4 is 11.8 Å². The Morgan fingerprint density at radius 3 is 1.76 bits per heavy atom. The Labute approximate surface area is 101 Å². The van der Waals surface area contributed by atoms with Gasteiger partial charge in [-0.15, -0.1) is 0 Å². The summed E-state index contributed by atoms with van der Waals surface area (Å²) in [6.45, 7) is 7.89. The van der Waals surface area contributed by atoms with E-state index in [1.54, 1.807) is 24.3 Å². The molecule has 1 aliphatic heterocycles. The third kappa shape index (κ3) is 1.57. The van der Waals surface area contributed by atoms with Crippen LogP contribution in [-0.2, 0) is 0 Å². The molecule has 2 rings (SSSR count). The van der Waals surface area contributed by atoms with Crippen LogP contribution >= 0.6 is 0 Å². The lowest BCUT2D eigenvalue weighted by atomic mass is 9.89. The summed E-state index contributed by atoms with van der Waals surface area (Å²) in [5, 5.41) is 0. The molecule has 1 aromatic rings. The van der Waals surface area contributed by atoms with Gasteiger partial charge in [0, 0.05) is 5.54 Å². The molecule has 1 aliphatic rings. The summed E-state index contributed by atoms with van der Waals surface area (Å²) in [5.74, 6) is -0.140. The average molecular weight is 231 g/mol. The number of fused-ring (bicyclic) bond motifs is 1. The van der Waals surface area contributed by atoms with Gasteiger partial charge in [0.25, 0.3) is 11.8 Å². The van der Waals surface area contributed by atoms with E-state index in [1.807, 2.05) is 27.7 Å². The standard InChI is InChI=1S/C14H17NO2/c1-9(2)14(3,4)15-12(16)10-7-5-6-8-11(10)13(15)17/h5-9H,1-4H3. The van der Waals surface area contributed by atoms with Crippen molar-refractivity contribution in [2.75, 3.05) is 0 Å². The quantitative estimate of drug-likeness (QED) is 0.734. The van der Waals surface area contributed by atoms with Gasteiger partial charge in [-0.3, -0.25) is 14.5 Å². The molecular formula is C14H17NO2. The van der Waals surface area contributed by atoms with Crippen LogP contribution < -0.4 is 0 Å². The lowest BCUT2D eigenvalue weighted by Crippen LogP contribution is -2.50. The molecular weight excluding hydrogens is 214 g/mol. The number of imide groups is 1. The van der Waals surface area contributed by atoms with Gasteiger partial charge in [-0.05, 0) is 31.9 Å². The molecule has 0 saturated carbocycles. The van der Waals surface area contributed by atoms with Crippen molar-refractivity contribution < 1.29 is 9.59 Å². The molecule has 0 spiro atoms. The van der Waals surface area contributed by atoms with Crippen LogP contribution in [0.25, 0.3) is 0 Å². The van der Waals surface area contributed by atoms with Crippen molar-refractivity contribution in [3.8, 4) is 0 Å². The van der Waals surface area contributed by atoms with Crippen molar-refractivity contribution in [1.82, 2.24) is 4.90 Å². The maximum absolute atomic E-state index is 12.3. The zero-order valence-corrected chi connectivity index (χ0v) is 10.7. The van der Waals surface area contributed by atoms with Crippen LogP contribution in [0.4, 0.5) is 0 Å². The van der Waals surface area contributed by atoms with Crippen molar-refractivity contribution in [3.05, 3.63) is 35.4 Å². The fraction of sp³-hybridized carbons (Fsp3) is 0.429. The van der Waals surface area contributed by atoms with Crippen LogP contribution in [-0.4, -0.2) is 22.3 Å². The summed E-state index contributed by atoms with van der Waals surface area (Å²) >= 11 is 0. The molecule has 0 bridgehead atoms. The first-order valence-corrected chi connectivity index (χ1v) is 5.85. The molecule has 0 aliphatic carbocycles. The first-order chi connectivity index (χ1) is 7.87. The zero-order valence-electron chi connectivity index (χ0n) is 10.7. The fourth-order valence-electron chi connectivity index (χ4n) is 1.97. The summed E-state index contributed by atoms with van der Waals surface area (Å²) in [6, 6.07) is 7.00. The van der Waals surface area contributed by atoms with Crippen LogP contribution in [0.2, 0.25) is 0 Å². The SMILES string of the molecule is CC(C)C(C)(C)N1C(=O)c2ccccc2C1=O. The van der Waals surface area contributed by atoms with E-state index in [-0.39, 0.29) is 17.7 Å². The van der Waals surface area contributed by atoms with E-state index in [2.05, 4.69) is 0 Å². The number of amides is 2. The van der Waals surface area contributed by atoms with Crippen molar-refractivity contribution in [3.63, 3.8) is 0 Å². The Balaban J connectivity index is 2.50. The van der Waals surface area contributed by atoms with Crippen LogP contribution in [0.1, 0.15) is 48.4 Å². The molecule has 0 radical (unpaired) electrons. The lowest BCUT2D eigenvalue weighted by Gasteiger charge is -2.37. The van der Waals surface area contributed by atoms with Crippen molar-refractivity contribution in [1.29, 1.82) is 0 Å². The minimum Gasteiger partial charge on any atom is -0.269 e. The van der Waals surface area contributed by atoms with Crippen LogP contribution in [0.5, 0.6) is 0 Å². The second-order valence-corrected chi connectivity index (χ2v) is 5.30. The fourth-order valence-corrected chi connectivity index (χ4v) is 1.97. The maximum atomic E-state index is 12.3. The van der Waals surface area contributed by atoms with E-state index >= 15 is 0 Å². The average Bonchev–Trinajstić information content (AvgIpc) is 2.52. The first kappa shape index (κ1) is 11.8. The van der Waals surface area contributed by atoms with Gasteiger partial charge in [0.1, 0.15) is 0 Å². The predicted molar refractivity (Wildman–Crippen MR) is 65.9 cm³/mol. The first-order valence-electron chi connectivity index (χ1n) is 5.85. The highest BCUT2D eigenvalue weighted by Crippen LogP contribution is 2.33. The number of hydrogen-bond donors (Lipinski definition) is 0. The lowest BCUT2D eigenvalue weighted by molar-refractivity contribution is 0.0396. The second kappa shape index (κ2) is 3.69. The van der Waals surface area contributed by atoms with Gasteiger partial charge in [-0.25, -0.2) is 0 Å². The smallest absolute Gasteiger partial charge is 0.262 e. The number of hydrogen-bond acceptors (Lipinski definition) is 2. The van der Waals surface area contributed by atoms with E-state index in [0.717, 1.165) is 0 Å². The highest BCUT2D eigenvalue weighted by molar-refractivity contribution is 6.21. The predicted octanol–water partition coefficient (Wildman–Crippen LogP) is 2.72. The Hall–Kier alpha value is -1.64. The van der Waals surface area contributed by atoms with Crippen molar-refractivity contribution in [2.24, 2.45) is 5.92 Å². The monoisotopic (exact) mass is 231 g/mol. The van der Waals surface area contributed by atoms with Crippen LogP contribution in [0.15, 0.2) is 24.3 Å². The number of rotatable bonds is 2. The van der Waals surface area contributed by atoms with E-state index in [4.69, 9.17) is 0 Å². The molecule has 0 saturated heterocycles. The van der Waals surface area contributed by atoms with Gasteiger partial charge < -0.3 is 0 Å². The molecule has 0 fully saturated rings. The summed E-state index contributed by atoms with van der Waals surface area (Å²) in [5.41, 5.74) is 0.574. The molecule has 0 aromatic heterocycles. The summed E-state index contributed by atoms with van der Waals surface area (Å²) in [7, 11) is 0. The zero-order chi connectivity index (χ0) is 12.8. The molecule has 0 unspecified atom stereocenters. The highest BCUT2D eigenvalue weighted by Gasteiger charge is 2.45. The molecule has 3 heteroatoms. The third-order valence-corrected chi connectivity index (χ3v) is 3.78. The molecule has 0 N–H and O–H groups in total. The molecule has 2 amide bonds. The van der Waals surface area contributed by atoms with Gasteiger partial charge in [0.15, 0.2) is 0 Å². The normalized spacial score (nSPS) is 15.7. The minimum absolute atomic E-state index is 0.177. The van der Waals surface area contributed by atoms with Crippen LogP contribution in [0, 0.1) is 5.92 Å². The largest absolute Gasteiger partial charge is 0.269 e.